The Labute approximate surface area is 748 Å². The van der Waals surface area contributed by atoms with Crippen molar-refractivity contribution in [1.82, 2.24) is 84.7 Å². The second kappa shape index (κ2) is 58.9. The first kappa shape index (κ1) is 112. The van der Waals surface area contributed by atoms with Crippen LogP contribution in [0.4, 0.5) is 0 Å². The van der Waals surface area contributed by atoms with E-state index in [1.165, 1.54) is 61.0 Å². The van der Waals surface area contributed by atoms with Crippen LogP contribution < -0.4 is 108 Å². The van der Waals surface area contributed by atoms with Crippen LogP contribution in [0.15, 0.2) is 40.3 Å². The van der Waals surface area contributed by atoms with E-state index < -0.39 is 229 Å². The lowest BCUT2D eigenvalue weighted by Gasteiger charge is -2.31. The van der Waals surface area contributed by atoms with Gasteiger partial charge in [0.15, 0.2) is 11.9 Å². The highest BCUT2D eigenvalue weighted by molar-refractivity contribution is 7.99. The number of nitrogens with zero attached hydrogens (tertiary/aromatic N) is 3. The monoisotopic (exact) mass is 1840 g/mol. The number of thioether (sulfide) groups is 3. The van der Waals surface area contributed by atoms with Crippen LogP contribution in [0, 0.1) is 23.7 Å². The van der Waals surface area contributed by atoms with E-state index in [4.69, 9.17) is 33.8 Å². The number of carbonyl (C=O) groups is 17. The third-order valence-corrected chi connectivity index (χ3v) is 21.8. The molecule has 0 spiro atoms. The molecule has 0 saturated carbocycles. The van der Waals surface area contributed by atoms with Crippen molar-refractivity contribution in [2.24, 2.45) is 62.3 Å². The van der Waals surface area contributed by atoms with E-state index in [0.29, 0.717) is 29.9 Å². The molecule has 16 amide bonds. The lowest BCUT2D eigenvalue weighted by atomic mass is 10.00. The van der Waals surface area contributed by atoms with E-state index in [-0.39, 0.29) is 113 Å². The minimum atomic E-state index is -1.75. The van der Waals surface area contributed by atoms with Gasteiger partial charge in [0.25, 0.3) is 0 Å². The second-order valence-electron chi connectivity index (χ2n) is 32.2. The number of carboxylic acid groups (broad SMARTS) is 1. The van der Waals surface area contributed by atoms with E-state index >= 15 is 0 Å². The van der Waals surface area contributed by atoms with Gasteiger partial charge in [0.1, 0.15) is 97.2 Å². The SMILES string of the molecule is CSCC[C@H](NC(=O)[C@H](C)NC(=O)[C@H](CC(C)C)NC(=O)[C@H](CO)NC(=O)[C@H](CCSC)NC(=O)[C@@H](NC(=O)[C@H](Cc1ccccc1)NC(=O)[C@H](CO)NC(=O)[C@@H]1CCCN1C(=O)[C@H](CC(C)C)NC(=O)[C@@H](N)CCCN=C(N)N)C(C)C)C(=O)N[C@@H](CCSC)C(=O)N[C@@H](C)C(=O)N[C@H](C(=O)N[C@@H](C)C(=O)N[C@@H](CCCN=C(N)N)C(=O)NCC(=O)O)C(C)C. The first-order chi connectivity index (χ1) is 59.3. The number of hydrogen-bond donors (Lipinski definition) is 23. The van der Waals surface area contributed by atoms with Crippen molar-refractivity contribution >= 4 is 148 Å². The number of nitrogens with one attached hydrogen (secondary N) is 15. The molecule has 46 heteroatoms. The first-order valence-electron chi connectivity index (χ1n) is 42.0. The van der Waals surface area contributed by atoms with Crippen LogP contribution >= 0.6 is 35.3 Å². The van der Waals surface area contributed by atoms with Crippen LogP contribution in [0.3, 0.4) is 0 Å². The van der Waals surface area contributed by atoms with Gasteiger partial charge in [-0.25, -0.2) is 0 Å². The standard InChI is InChI=1S/C80H137N23O20S3/c1-41(2)35-54(71(116)90-45(9)63(108)93-52(27-33-125-13)69(114)94-51(26-32-124-12)68(113)89-47(11)65(110)101-61(43(5)6)76(121)91-46(10)64(109)92-50(24-19-30-87-80(84)85)67(112)88-38-60(106)107)96-73(118)57(39-104)99-70(115)53(28-34-126-14)95-77(122)62(44(7)8)102-72(117)55(37-48-21-16-15-17-22-48)97-74(119)58(40-105)100-75(120)59-25-20-31-103(59)78(123)56(36-42(3)4)98-66(111)49(81)23-18-29-86-79(82)83/h15-17,21-22,41-47,49-59,61-62,104-105H,18-20,23-40,81H2,1-14H3,(H,88,112)(H,89,113)(H,90,116)(H,91,121)(H,92,109)(H,93,108)(H,94,114)(H,95,122)(H,96,118)(H,97,119)(H,98,111)(H,99,115)(H,100,120)(H,101,110)(H,102,117)(H,106,107)(H4,82,83,86)(H4,84,85,87)/t45-,46-,47-,49-,50-,51-,52-,53-,54-,55-,56-,57-,58-,59-,61-,62-/m0/s1. The van der Waals surface area contributed by atoms with E-state index in [9.17, 15) is 91.7 Å². The highest BCUT2D eigenvalue weighted by Gasteiger charge is 2.42. The molecule has 0 aromatic heterocycles. The number of carboxylic acids is 1. The van der Waals surface area contributed by atoms with Gasteiger partial charge in [-0.3, -0.25) is 91.5 Å². The molecule has 1 heterocycles. The van der Waals surface area contributed by atoms with Gasteiger partial charge in [0, 0.05) is 26.1 Å². The van der Waals surface area contributed by atoms with Crippen molar-refractivity contribution in [2.45, 2.75) is 250 Å². The summed E-state index contributed by atoms with van der Waals surface area (Å²) >= 11 is 3.98. The molecule has 0 aliphatic carbocycles. The number of aliphatic imine (C=N–C) groups is 2. The van der Waals surface area contributed by atoms with Gasteiger partial charge < -0.3 is 129 Å². The van der Waals surface area contributed by atoms with Gasteiger partial charge in [0.2, 0.25) is 94.5 Å². The molecule has 1 aromatic carbocycles. The maximum Gasteiger partial charge on any atom is 0.322 e. The van der Waals surface area contributed by atoms with Crippen molar-refractivity contribution in [2.75, 3.05) is 75.4 Å². The Balaban J connectivity index is 2.29. The zero-order chi connectivity index (χ0) is 95.2. The van der Waals surface area contributed by atoms with Crippen LogP contribution in [-0.4, -0.2) is 305 Å². The van der Waals surface area contributed by atoms with Crippen molar-refractivity contribution in [3.63, 3.8) is 0 Å². The fourth-order valence-corrected chi connectivity index (χ4v) is 14.2. The molecular weight excluding hydrogens is 1700 g/mol. The number of guanidine groups is 2. The number of rotatable bonds is 59. The molecule has 126 heavy (non-hydrogen) atoms. The fourth-order valence-electron chi connectivity index (χ4n) is 12.8. The number of nitrogens with two attached hydrogens (primary N) is 5. The molecule has 0 bridgehead atoms. The lowest BCUT2D eigenvalue weighted by Crippen LogP contribution is -2.62. The highest BCUT2D eigenvalue weighted by Crippen LogP contribution is 2.22. The zero-order valence-electron chi connectivity index (χ0n) is 74.5. The number of benzene rings is 1. The lowest BCUT2D eigenvalue weighted by molar-refractivity contribution is -0.143. The minimum absolute atomic E-state index is 0.0192. The maximum atomic E-state index is 14.6. The number of likely N-dealkylation sites (tertiary alicyclic amines) is 1. The highest BCUT2D eigenvalue weighted by atomic mass is 32.2. The van der Waals surface area contributed by atoms with Crippen LogP contribution in [0.2, 0.25) is 0 Å². The van der Waals surface area contributed by atoms with Crippen molar-refractivity contribution in [1.29, 1.82) is 0 Å². The predicted octanol–water partition coefficient (Wildman–Crippen LogP) is -5.65. The summed E-state index contributed by atoms with van der Waals surface area (Å²) in [6.07, 6.45) is 6.52. The molecule has 16 atom stereocenters. The van der Waals surface area contributed by atoms with Gasteiger partial charge in [-0.15, -0.1) is 0 Å². The summed E-state index contributed by atoms with van der Waals surface area (Å²) < 4.78 is 0. The fraction of sp³-hybridized carbons (Fsp3) is 0.688. The average Bonchev–Trinajstić information content (AvgIpc) is 1.55. The van der Waals surface area contributed by atoms with E-state index in [1.807, 2.05) is 13.8 Å². The Kier molecular flexibility index (Phi) is 52.2. The molecular formula is C80H137N23O20S3. The van der Waals surface area contributed by atoms with Gasteiger partial charge in [-0.05, 0) is 157 Å². The summed E-state index contributed by atoms with van der Waals surface area (Å²) in [5, 5.41) is 68.8. The quantitative estimate of drug-likeness (QED) is 0.0164. The third-order valence-electron chi connectivity index (χ3n) is 19.8. The largest absolute Gasteiger partial charge is 0.480 e. The summed E-state index contributed by atoms with van der Waals surface area (Å²) in [5.41, 5.74) is 28.3. The number of amides is 16. The summed E-state index contributed by atoms with van der Waals surface area (Å²) in [4.78, 5) is 244. The van der Waals surface area contributed by atoms with Crippen LogP contribution in [0.5, 0.6) is 0 Å². The molecule has 1 aromatic rings. The maximum absolute atomic E-state index is 14.6. The molecule has 1 saturated heterocycles. The van der Waals surface area contributed by atoms with Crippen molar-refractivity contribution < 1.29 is 96.8 Å². The summed E-state index contributed by atoms with van der Waals surface area (Å²) in [7, 11) is 0. The number of aliphatic hydroxyl groups excluding tert-OH is 2. The van der Waals surface area contributed by atoms with Gasteiger partial charge in [0.05, 0.1) is 19.3 Å². The van der Waals surface area contributed by atoms with Crippen LogP contribution in [0.25, 0.3) is 0 Å². The van der Waals surface area contributed by atoms with Gasteiger partial charge in [-0.2, -0.15) is 35.3 Å². The number of carbonyl (C=O) groups excluding carboxylic acids is 16. The predicted molar refractivity (Wildman–Crippen MR) is 479 cm³/mol. The van der Waals surface area contributed by atoms with E-state index in [0.717, 1.165) is 0 Å². The number of aliphatic hydroxyl groups is 2. The Morgan fingerprint density at radius 2 is 0.778 bits per heavy atom. The Morgan fingerprint density at radius 3 is 1.23 bits per heavy atom. The Morgan fingerprint density at radius 1 is 0.421 bits per heavy atom. The van der Waals surface area contributed by atoms with Gasteiger partial charge in [-0.1, -0.05) is 85.7 Å². The third kappa shape index (κ3) is 41.4. The summed E-state index contributed by atoms with van der Waals surface area (Å²) in [6.45, 7) is 15.2. The topological polar surface area (TPSA) is 689 Å². The normalized spacial score (nSPS) is 16.0. The average molecular weight is 1840 g/mol. The molecule has 1 aliphatic rings. The smallest absolute Gasteiger partial charge is 0.322 e. The Bertz CT molecular complexity index is 3830. The second-order valence-corrected chi connectivity index (χ2v) is 35.1. The number of aliphatic carboxylic acids is 1. The molecule has 2 rings (SSSR count). The Hall–Kier alpha value is -10.3. The molecule has 0 unspecified atom stereocenters. The molecule has 1 aliphatic heterocycles. The first-order valence-corrected chi connectivity index (χ1v) is 46.2. The van der Waals surface area contributed by atoms with E-state index in [2.05, 4.69) is 89.7 Å². The van der Waals surface area contributed by atoms with Crippen LogP contribution in [-0.2, 0) is 87.9 Å². The zero-order valence-corrected chi connectivity index (χ0v) is 77.0. The van der Waals surface area contributed by atoms with Crippen molar-refractivity contribution in [3.8, 4) is 0 Å². The summed E-state index contributed by atoms with van der Waals surface area (Å²) in [6, 6.07) is -13.1. The van der Waals surface area contributed by atoms with E-state index in [1.54, 1.807) is 90.6 Å². The molecule has 43 nitrogen and oxygen atoms in total. The minimum Gasteiger partial charge on any atom is -0.480 e. The molecule has 0 radical (unpaired) electrons. The van der Waals surface area contributed by atoms with Gasteiger partial charge >= 0.3 is 5.97 Å². The molecule has 710 valence electrons. The molecule has 28 N–H and O–H groups in total. The van der Waals surface area contributed by atoms with Crippen molar-refractivity contribution in [3.05, 3.63) is 35.9 Å². The molecule has 1 fully saturated rings. The summed E-state index contributed by atoms with van der Waals surface area (Å²) in [5.74, 6) is -15.9. The van der Waals surface area contributed by atoms with Crippen LogP contribution in [0.1, 0.15) is 152 Å². The number of hydrogen-bond acceptors (Lipinski definition) is 25.